The fourth-order valence-electron chi connectivity index (χ4n) is 4.10. The second kappa shape index (κ2) is 6.02. The average molecular weight is 372 g/mol. The number of esters is 1. The van der Waals surface area contributed by atoms with Crippen molar-refractivity contribution in [2.24, 2.45) is 11.8 Å². The molecule has 2 saturated heterocycles. The van der Waals surface area contributed by atoms with Crippen molar-refractivity contribution in [2.45, 2.75) is 18.5 Å². The van der Waals surface area contributed by atoms with Crippen LogP contribution in [0, 0.1) is 17.7 Å². The summed E-state index contributed by atoms with van der Waals surface area (Å²) in [7, 11) is 1.23. The molecule has 2 amide bonds. The van der Waals surface area contributed by atoms with Crippen LogP contribution in [-0.2, 0) is 19.1 Å². The lowest BCUT2D eigenvalue weighted by atomic mass is 9.81. The van der Waals surface area contributed by atoms with Crippen LogP contribution in [0.2, 0.25) is 0 Å². The molecule has 0 saturated carbocycles. The number of hydrogen-bond acceptors (Lipinski definition) is 6. The van der Waals surface area contributed by atoms with Crippen molar-refractivity contribution < 1.29 is 27.9 Å². The number of imide groups is 1. The molecule has 1 aromatic carbocycles. The molecule has 27 heavy (non-hydrogen) atoms. The van der Waals surface area contributed by atoms with Crippen LogP contribution in [-0.4, -0.2) is 30.4 Å². The molecule has 0 aliphatic carbocycles. The number of halogens is 1. The van der Waals surface area contributed by atoms with Gasteiger partial charge in [-0.2, -0.15) is 0 Å². The Morgan fingerprint density at radius 2 is 1.93 bits per heavy atom. The molecule has 0 radical (unpaired) electrons. The number of carbonyl (C=O) groups excluding carboxylic acids is 3. The molecule has 0 spiro atoms. The maximum Gasteiger partial charge on any atom is 0.326 e. The van der Waals surface area contributed by atoms with Crippen LogP contribution in [0.3, 0.4) is 0 Å². The summed E-state index contributed by atoms with van der Waals surface area (Å²) >= 11 is 0. The van der Waals surface area contributed by atoms with Gasteiger partial charge in [-0.1, -0.05) is 0 Å². The van der Waals surface area contributed by atoms with Gasteiger partial charge in [-0.3, -0.25) is 19.7 Å². The molecule has 2 fully saturated rings. The number of ether oxygens (including phenoxy) is 1. The summed E-state index contributed by atoms with van der Waals surface area (Å²) in [4.78, 5) is 39.8. The Morgan fingerprint density at radius 1 is 1.22 bits per heavy atom. The van der Waals surface area contributed by atoms with Crippen molar-refractivity contribution in [3.8, 4) is 0 Å². The molecule has 140 valence electrons. The molecule has 3 heterocycles. The Labute approximate surface area is 154 Å². The van der Waals surface area contributed by atoms with Crippen LogP contribution in [0.25, 0.3) is 0 Å². The minimum Gasteiger partial charge on any atom is -0.468 e. The lowest BCUT2D eigenvalue weighted by Gasteiger charge is -2.28. The van der Waals surface area contributed by atoms with Gasteiger partial charge >= 0.3 is 5.97 Å². The van der Waals surface area contributed by atoms with Crippen molar-refractivity contribution >= 4 is 23.5 Å². The van der Waals surface area contributed by atoms with Gasteiger partial charge in [0.05, 0.1) is 36.9 Å². The Kier molecular flexibility index (Phi) is 3.88. The smallest absolute Gasteiger partial charge is 0.326 e. The summed E-state index contributed by atoms with van der Waals surface area (Å²) in [5.41, 5.74) is -1.15. The number of nitrogens with one attached hydrogen (secondary N) is 1. The quantitative estimate of drug-likeness (QED) is 0.653. The Hall–Kier alpha value is -3.00. The van der Waals surface area contributed by atoms with Crippen molar-refractivity contribution in [1.29, 1.82) is 0 Å². The molecule has 2 aliphatic rings. The maximum absolute atomic E-state index is 13.2. The standard InChI is InChI=1S/C19H17FN2O5/c1-19(18(25)26-2)14-13(15(21-19)12-4-3-9-27-12)16(23)22(17(14)24)11-7-5-10(20)6-8-11/h3-9,13-15,21H,1-2H3/t13-,14+,15-,19-/m1/s1. The number of methoxy groups -OCH3 is 1. The van der Waals surface area contributed by atoms with Crippen molar-refractivity contribution in [3.05, 3.63) is 54.2 Å². The van der Waals surface area contributed by atoms with Crippen LogP contribution in [0.1, 0.15) is 18.7 Å². The summed E-state index contributed by atoms with van der Waals surface area (Å²) in [6, 6.07) is 7.73. The van der Waals surface area contributed by atoms with Gasteiger partial charge in [0.25, 0.3) is 0 Å². The third-order valence-corrected chi connectivity index (χ3v) is 5.33. The second-order valence-corrected chi connectivity index (χ2v) is 6.82. The third kappa shape index (κ3) is 2.40. The van der Waals surface area contributed by atoms with Gasteiger partial charge in [-0.25, -0.2) is 9.29 Å². The zero-order valence-electron chi connectivity index (χ0n) is 14.6. The van der Waals surface area contributed by atoms with Crippen molar-refractivity contribution in [1.82, 2.24) is 5.32 Å². The number of hydrogen-bond donors (Lipinski definition) is 1. The molecule has 1 N–H and O–H groups in total. The number of nitrogens with zero attached hydrogens (tertiary/aromatic N) is 1. The Balaban J connectivity index is 1.81. The molecule has 8 heteroatoms. The maximum atomic E-state index is 13.2. The normalized spacial score (nSPS) is 29.9. The van der Waals surface area contributed by atoms with E-state index in [-0.39, 0.29) is 5.69 Å². The molecule has 7 nitrogen and oxygen atoms in total. The van der Waals surface area contributed by atoms with E-state index in [1.54, 1.807) is 19.1 Å². The van der Waals surface area contributed by atoms with Crippen LogP contribution in [0.15, 0.2) is 47.1 Å². The highest BCUT2D eigenvalue weighted by Gasteiger charge is 2.67. The Morgan fingerprint density at radius 3 is 2.52 bits per heavy atom. The van der Waals surface area contributed by atoms with Gasteiger partial charge in [0.1, 0.15) is 17.1 Å². The van der Waals surface area contributed by atoms with E-state index in [9.17, 15) is 18.8 Å². The van der Waals surface area contributed by atoms with Crippen molar-refractivity contribution in [3.63, 3.8) is 0 Å². The van der Waals surface area contributed by atoms with Gasteiger partial charge in [0, 0.05) is 0 Å². The van der Waals surface area contributed by atoms with Crippen LogP contribution >= 0.6 is 0 Å². The van der Waals surface area contributed by atoms with E-state index >= 15 is 0 Å². The number of rotatable bonds is 3. The zero-order chi connectivity index (χ0) is 19.3. The number of furan rings is 1. The lowest BCUT2D eigenvalue weighted by Crippen LogP contribution is -2.54. The monoisotopic (exact) mass is 372 g/mol. The van der Waals surface area contributed by atoms with Gasteiger partial charge in [0.2, 0.25) is 11.8 Å². The van der Waals surface area contributed by atoms with E-state index in [1.807, 2.05) is 0 Å². The van der Waals surface area contributed by atoms with Gasteiger partial charge < -0.3 is 9.15 Å². The summed E-state index contributed by atoms with van der Waals surface area (Å²) in [6.07, 6.45) is 1.46. The molecule has 0 unspecified atom stereocenters. The number of benzene rings is 1. The average Bonchev–Trinajstić information content (AvgIpc) is 3.34. The second-order valence-electron chi connectivity index (χ2n) is 6.82. The molecule has 2 aliphatic heterocycles. The van der Waals surface area contributed by atoms with E-state index < -0.39 is 47.0 Å². The van der Waals surface area contributed by atoms with Crippen LogP contribution in [0.5, 0.6) is 0 Å². The molecular weight excluding hydrogens is 355 g/mol. The largest absolute Gasteiger partial charge is 0.468 e. The number of carbonyl (C=O) groups is 3. The van der Waals surface area contributed by atoms with E-state index in [4.69, 9.17) is 9.15 Å². The molecule has 1 aromatic heterocycles. The van der Waals surface area contributed by atoms with Crippen LogP contribution in [0.4, 0.5) is 10.1 Å². The molecule has 2 aromatic rings. The van der Waals surface area contributed by atoms with Gasteiger partial charge in [0.15, 0.2) is 0 Å². The topological polar surface area (TPSA) is 88.8 Å². The van der Waals surface area contributed by atoms with Gasteiger partial charge in [-0.05, 0) is 43.3 Å². The van der Waals surface area contributed by atoms with E-state index in [2.05, 4.69) is 5.32 Å². The summed E-state index contributed by atoms with van der Waals surface area (Å²) in [5, 5.41) is 3.07. The fourth-order valence-corrected chi connectivity index (χ4v) is 4.10. The fraction of sp³-hybridized carbons (Fsp3) is 0.316. The molecular formula is C19H17FN2O5. The predicted molar refractivity (Wildman–Crippen MR) is 90.9 cm³/mol. The first-order valence-corrected chi connectivity index (χ1v) is 8.41. The summed E-state index contributed by atoms with van der Waals surface area (Å²) in [6.45, 7) is 1.54. The SMILES string of the molecule is COC(=O)[C@]1(C)N[C@H](c2ccco2)[C@@H]2C(=O)N(c3ccc(F)cc3)C(=O)[C@H]21. The molecule has 0 bridgehead atoms. The number of fused-ring (bicyclic) bond motifs is 1. The minimum absolute atomic E-state index is 0.256. The Bertz CT molecular complexity index is 911. The van der Waals surface area contributed by atoms with Crippen LogP contribution < -0.4 is 10.2 Å². The lowest BCUT2D eigenvalue weighted by molar-refractivity contribution is -0.151. The first-order chi connectivity index (χ1) is 12.9. The third-order valence-electron chi connectivity index (χ3n) is 5.33. The summed E-state index contributed by atoms with van der Waals surface area (Å²) in [5.74, 6) is -3.51. The summed E-state index contributed by atoms with van der Waals surface area (Å²) < 4.78 is 23.6. The highest BCUT2D eigenvalue weighted by molar-refractivity contribution is 6.24. The van der Waals surface area contributed by atoms with E-state index in [0.717, 1.165) is 4.90 Å². The van der Waals surface area contributed by atoms with E-state index in [0.29, 0.717) is 5.76 Å². The molecule has 4 rings (SSSR count). The van der Waals surface area contributed by atoms with Crippen molar-refractivity contribution in [2.75, 3.05) is 12.0 Å². The predicted octanol–water partition coefficient (Wildman–Crippen LogP) is 1.80. The zero-order valence-corrected chi connectivity index (χ0v) is 14.6. The number of anilines is 1. The van der Waals surface area contributed by atoms with Gasteiger partial charge in [-0.15, -0.1) is 0 Å². The first-order valence-electron chi connectivity index (χ1n) is 8.41. The minimum atomic E-state index is -1.40. The van der Waals surface area contributed by atoms with E-state index in [1.165, 1.54) is 37.6 Å². The highest BCUT2D eigenvalue weighted by Crippen LogP contribution is 2.49. The molecule has 4 atom stereocenters. The first kappa shape index (κ1) is 17.4. The number of amides is 2. The highest BCUT2D eigenvalue weighted by atomic mass is 19.1.